The van der Waals surface area contributed by atoms with Gasteiger partial charge >= 0.3 is 0 Å². The van der Waals surface area contributed by atoms with E-state index in [0.29, 0.717) is 6.54 Å². The number of benzene rings is 1. The van der Waals surface area contributed by atoms with Crippen LogP contribution in [-0.2, 0) is 6.54 Å². The van der Waals surface area contributed by atoms with Crippen molar-refractivity contribution < 1.29 is 8.78 Å². The Balaban J connectivity index is 2.29. The highest BCUT2D eigenvalue weighted by Gasteiger charge is 2.16. The summed E-state index contributed by atoms with van der Waals surface area (Å²) in [5.41, 5.74) is 0.707. The SMILES string of the molecule is Cc1csc(CN(C)c2c(F)cc(C#N)cc2F)n1. The van der Waals surface area contributed by atoms with E-state index in [1.165, 1.54) is 16.2 Å². The zero-order chi connectivity index (χ0) is 14.0. The first-order chi connectivity index (χ1) is 9.01. The lowest BCUT2D eigenvalue weighted by Crippen LogP contribution is -2.19. The molecule has 0 saturated carbocycles. The number of aromatic nitrogens is 1. The van der Waals surface area contributed by atoms with Gasteiger partial charge in [0.05, 0.1) is 18.2 Å². The van der Waals surface area contributed by atoms with Crippen LogP contribution in [0.5, 0.6) is 0 Å². The molecule has 0 spiro atoms. The average Bonchev–Trinajstić information content (AvgIpc) is 2.73. The first-order valence-corrected chi connectivity index (χ1v) is 6.40. The number of anilines is 1. The molecule has 19 heavy (non-hydrogen) atoms. The summed E-state index contributed by atoms with van der Waals surface area (Å²) in [5.74, 6) is -1.49. The zero-order valence-electron chi connectivity index (χ0n) is 10.4. The van der Waals surface area contributed by atoms with Gasteiger partial charge in [0.25, 0.3) is 0 Å². The van der Waals surface area contributed by atoms with Crippen LogP contribution in [-0.4, -0.2) is 12.0 Å². The van der Waals surface area contributed by atoms with Gasteiger partial charge < -0.3 is 4.90 Å². The lowest BCUT2D eigenvalue weighted by Gasteiger charge is -2.19. The number of hydrogen-bond acceptors (Lipinski definition) is 4. The molecule has 0 saturated heterocycles. The van der Waals surface area contributed by atoms with Gasteiger partial charge in [-0.2, -0.15) is 5.26 Å². The van der Waals surface area contributed by atoms with Crippen molar-refractivity contribution in [3.05, 3.63) is 45.4 Å². The average molecular weight is 279 g/mol. The van der Waals surface area contributed by atoms with Gasteiger partial charge in [0.15, 0.2) is 11.6 Å². The molecule has 0 amide bonds. The Morgan fingerprint density at radius 1 is 1.37 bits per heavy atom. The van der Waals surface area contributed by atoms with E-state index in [4.69, 9.17) is 5.26 Å². The number of nitrogens with zero attached hydrogens (tertiary/aromatic N) is 3. The summed E-state index contributed by atoms with van der Waals surface area (Å²) < 4.78 is 27.6. The van der Waals surface area contributed by atoms with E-state index >= 15 is 0 Å². The van der Waals surface area contributed by atoms with Gasteiger partial charge in [-0.3, -0.25) is 0 Å². The van der Waals surface area contributed by atoms with Crippen molar-refractivity contribution in [1.82, 2.24) is 4.98 Å². The maximum absolute atomic E-state index is 13.8. The van der Waals surface area contributed by atoms with Crippen LogP contribution in [0.15, 0.2) is 17.5 Å². The Labute approximate surface area is 113 Å². The molecule has 0 atom stereocenters. The number of hydrogen-bond donors (Lipinski definition) is 0. The number of aryl methyl sites for hydroxylation is 1. The van der Waals surface area contributed by atoms with E-state index in [9.17, 15) is 8.78 Å². The second kappa shape index (κ2) is 5.33. The van der Waals surface area contributed by atoms with Crippen LogP contribution < -0.4 is 4.90 Å². The van der Waals surface area contributed by atoms with Gasteiger partial charge in [-0.1, -0.05) is 0 Å². The normalized spacial score (nSPS) is 10.3. The van der Waals surface area contributed by atoms with Crippen LogP contribution in [0.2, 0.25) is 0 Å². The zero-order valence-corrected chi connectivity index (χ0v) is 11.3. The van der Waals surface area contributed by atoms with Crippen molar-refractivity contribution in [1.29, 1.82) is 5.26 Å². The number of thiazole rings is 1. The summed E-state index contributed by atoms with van der Waals surface area (Å²) in [4.78, 5) is 5.70. The summed E-state index contributed by atoms with van der Waals surface area (Å²) in [5, 5.41) is 11.3. The number of nitriles is 1. The second-order valence-corrected chi connectivity index (χ2v) is 5.08. The number of halogens is 2. The quantitative estimate of drug-likeness (QED) is 0.866. The Morgan fingerprint density at radius 2 is 2.00 bits per heavy atom. The molecule has 0 aliphatic rings. The number of rotatable bonds is 3. The van der Waals surface area contributed by atoms with Crippen LogP contribution in [0.1, 0.15) is 16.3 Å². The minimum Gasteiger partial charge on any atom is -0.363 e. The first kappa shape index (κ1) is 13.4. The van der Waals surface area contributed by atoms with Gasteiger partial charge in [-0.25, -0.2) is 13.8 Å². The van der Waals surface area contributed by atoms with Crippen molar-refractivity contribution >= 4 is 17.0 Å². The van der Waals surface area contributed by atoms with E-state index in [2.05, 4.69) is 4.98 Å². The lowest BCUT2D eigenvalue weighted by atomic mass is 10.2. The van der Waals surface area contributed by atoms with Gasteiger partial charge in [-0.05, 0) is 19.1 Å². The maximum atomic E-state index is 13.8. The Morgan fingerprint density at radius 3 is 2.47 bits per heavy atom. The molecular formula is C13H11F2N3S. The van der Waals surface area contributed by atoms with Crippen LogP contribution in [0.4, 0.5) is 14.5 Å². The molecule has 2 rings (SSSR count). The molecule has 0 aliphatic carbocycles. The summed E-state index contributed by atoms with van der Waals surface area (Å²) in [6.07, 6.45) is 0. The molecule has 0 N–H and O–H groups in total. The monoisotopic (exact) mass is 279 g/mol. The van der Waals surface area contributed by atoms with Crippen LogP contribution >= 0.6 is 11.3 Å². The standard InChI is InChI=1S/C13H11F2N3S/c1-8-7-19-12(17-8)6-18(2)13-10(14)3-9(5-16)4-11(13)15/h3-4,7H,6H2,1-2H3. The summed E-state index contributed by atoms with van der Waals surface area (Å²) in [6, 6.07) is 3.78. The molecule has 1 aromatic carbocycles. The van der Waals surface area contributed by atoms with E-state index < -0.39 is 11.6 Å². The van der Waals surface area contributed by atoms with Crippen molar-refractivity contribution in [3.63, 3.8) is 0 Å². The maximum Gasteiger partial charge on any atom is 0.150 e. The molecule has 3 nitrogen and oxygen atoms in total. The van der Waals surface area contributed by atoms with Crippen molar-refractivity contribution in [2.75, 3.05) is 11.9 Å². The fraction of sp³-hybridized carbons (Fsp3) is 0.231. The summed E-state index contributed by atoms with van der Waals surface area (Å²) in [7, 11) is 1.59. The van der Waals surface area contributed by atoms with Crippen molar-refractivity contribution in [3.8, 4) is 6.07 Å². The first-order valence-electron chi connectivity index (χ1n) is 5.52. The predicted octanol–water partition coefficient (Wildman–Crippen LogP) is 3.24. The lowest BCUT2D eigenvalue weighted by molar-refractivity contribution is 0.576. The third-order valence-electron chi connectivity index (χ3n) is 2.57. The Hall–Kier alpha value is -2.00. The highest BCUT2D eigenvalue weighted by Crippen LogP contribution is 2.25. The van der Waals surface area contributed by atoms with Gasteiger partial charge in [0, 0.05) is 18.1 Å². The molecule has 1 aromatic heterocycles. The van der Waals surface area contributed by atoms with Crippen molar-refractivity contribution in [2.45, 2.75) is 13.5 Å². The van der Waals surface area contributed by atoms with E-state index in [-0.39, 0.29) is 11.3 Å². The third-order valence-corrected chi connectivity index (χ3v) is 3.52. The highest BCUT2D eigenvalue weighted by molar-refractivity contribution is 7.09. The molecule has 0 bridgehead atoms. The Kier molecular flexibility index (Phi) is 3.76. The van der Waals surface area contributed by atoms with Crippen LogP contribution in [0, 0.1) is 29.9 Å². The topological polar surface area (TPSA) is 39.9 Å². The van der Waals surface area contributed by atoms with Gasteiger partial charge in [0.1, 0.15) is 10.7 Å². The van der Waals surface area contributed by atoms with Crippen LogP contribution in [0.25, 0.3) is 0 Å². The fourth-order valence-corrected chi connectivity index (χ4v) is 2.58. The fourth-order valence-electron chi connectivity index (χ4n) is 1.75. The Bertz CT molecular complexity index is 623. The molecule has 0 aliphatic heterocycles. The molecule has 98 valence electrons. The van der Waals surface area contributed by atoms with Crippen molar-refractivity contribution in [2.24, 2.45) is 0 Å². The largest absolute Gasteiger partial charge is 0.363 e. The van der Waals surface area contributed by atoms with Gasteiger partial charge in [0.2, 0.25) is 0 Å². The van der Waals surface area contributed by atoms with Crippen LogP contribution in [0.3, 0.4) is 0 Å². The smallest absolute Gasteiger partial charge is 0.150 e. The predicted molar refractivity (Wildman–Crippen MR) is 70.0 cm³/mol. The molecule has 0 radical (unpaired) electrons. The summed E-state index contributed by atoms with van der Waals surface area (Å²) >= 11 is 1.44. The molecule has 6 heteroatoms. The molecular weight excluding hydrogens is 268 g/mol. The molecule has 2 aromatic rings. The summed E-state index contributed by atoms with van der Waals surface area (Å²) in [6.45, 7) is 2.18. The molecule has 0 fully saturated rings. The molecule has 0 unspecified atom stereocenters. The van der Waals surface area contributed by atoms with E-state index in [1.54, 1.807) is 13.1 Å². The van der Waals surface area contributed by atoms with E-state index in [0.717, 1.165) is 22.8 Å². The minimum absolute atomic E-state index is 0.0303. The molecule has 1 heterocycles. The van der Waals surface area contributed by atoms with Gasteiger partial charge in [-0.15, -0.1) is 11.3 Å². The third kappa shape index (κ3) is 2.88. The highest BCUT2D eigenvalue weighted by atomic mass is 32.1. The second-order valence-electron chi connectivity index (χ2n) is 4.14. The van der Waals surface area contributed by atoms with E-state index in [1.807, 2.05) is 12.3 Å². The minimum atomic E-state index is -0.743.